The van der Waals surface area contributed by atoms with Gasteiger partial charge >= 0.3 is 5.97 Å². The van der Waals surface area contributed by atoms with Crippen LogP contribution in [0.4, 0.5) is 10.1 Å². The Morgan fingerprint density at radius 2 is 1.80 bits per heavy atom. The third-order valence-corrected chi connectivity index (χ3v) is 4.01. The van der Waals surface area contributed by atoms with E-state index in [1.54, 1.807) is 0 Å². The largest absolute Gasteiger partial charge is 0.478 e. The van der Waals surface area contributed by atoms with E-state index in [4.69, 9.17) is 5.11 Å². The number of rotatable bonds is 2. The van der Waals surface area contributed by atoms with Gasteiger partial charge in [-0.15, -0.1) is 0 Å². The molecular weight excluding hydrogens is 265 g/mol. The molecule has 2 aliphatic rings. The SMILES string of the molecule is O=C(O)c1cc(N2C(=O)C3CCC(C3)C2=O)ccc1F. The molecule has 2 unspecified atom stereocenters. The van der Waals surface area contributed by atoms with Crippen LogP contribution >= 0.6 is 0 Å². The summed E-state index contributed by atoms with van der Waals surface area (Å²) in [5, 5.41) is 8.91. The van der Waals surface area contributed by atoms with Crippen LogP contribution in [-0.2, 0) is 9.59 Å². The number of carbonyl (C=O) groups is 3. The lowest BCUT2D eigenvalue weighted by molar-refractivity contribution is -0.133. The molecule has 0 radical (unpaired) electrons. The van der Waals surface area contributed by atoms with E-state index in [0.29, 0.717) is 19.3 Å². The molecule has 2 atom stereocenters. The van der Waals surface area contributed by atoms with Crippen molar-refractivity contribution in [2.45, 2.75) is 19.3 Å². The number of hydrogen-bond donors (Lipinski definition) is 1. The number of piperidine rings is 1. The molecule has 6 heteroatoms. The number of benzene rings is 1. The van der Waals surface area contributed by atoms with E-state index in [-0.39, 0.29) is 29.3 Å². The van der Waals surface area contributed by atoms with Gasteiger partial charge in [0.25, 0.3) is 0 Å². The number of aromatic carboxylic acids is 1. The minimum atomic E-state index is -1.43. The number of imide groups is 1. The summed E-state index contributed by atoms with van der Waals surface area (Å²) in [6.45, 7) is 0. The summed E-state index contributed by atoms with van der Waals surface area (Å²) < 4.78 is 13.4. The monoisotopic (exact) mass is 277 g/mol. The normalized spacial score (nSPS) is 25.1. The number of hydrogen-bond acceptors (Lipinski definition) is 3. The first-order chi connectivity index (χ1) is 9.49. The molecule has 1 saturated heterocycles. The highest BCUT2D eigenvalue weighted by Gasteiger charge is 2.45. The van der Waals surface area contributed by atoms with E-state index in [9.17, 15) is 18.8 Å². The fraction of sp³-hybridized carbons (Fsp3) is 0.357. The Labute approximate surface area is 114 Å². The van der Waals surface area contributed by atoms with Crippen molar-refractivity contribution in [3.05, 3.63) is 29.6 Å². The number of anilines is 1. The molecule has 1 aliphatic heterocycles. The van der Waals surface area contributed by atoms with E-state index in [0.717, 1.165) is 17.0 Å². The summed E-state index contributed by atoms with van der Waals surface area (Å²) >= 11 is 0. The predicted octanol–water partition coefficient (Wildman–Crippen LogP) is 1.81. The van der Waals surface area contributed by atoms with Crippen molar-refractivity contribution in [3.8, 4) is 0 Å². The van der Waals surface area contributed by atoms with Gasteiger partial charge in [0, 0.05) is 11.8 Å². The molecule has 1 saturated carbocycles. The van der Waals surface area contributed by atoms with Crippen LogP contribution in [0.15, 0.2) is 18.2 Å². The van der Waals surface area contributed by atoms with Gasteiger partial charge in [0.05, 0.1) is 11.3 Å². The predicted molar refractivity (Wildman–Crippen MR) is 66.7 cm³/mol. The van der Waals surface area contributed by atoms with Crippen LogP contribution in [0, 0.1) is 17.7 Å². The highest BCUT2D eigenvalue weighted by Crippen LogP contribution is 2.40. The minimum Gasteiger partial charge on any atom is -0.478 e. The maximum atomic E-state index is 13.4. The van der Waals surface area contributed by atoms with Gasteiger partial charge in [-0.3, -0.25) is 14.5 Å². The smallest absolute Gasteiger partial charge is 0.338 e. The van der Waals surface area contributed by atoms with Crippen molar-refractivity contribution in [2.24, 2.45) is 11.8 Å². The Morgan fingerprint density at radius 1 is 1.20 bits per heavy atom. The van der Waals surface area contributed by atoms with Crippen LogP contribution < -0.4 is 4.90 Å². The Kier molecular flexibility index (Phi) is 2.81. The molecule has 1 aromatic rings. The lowest BCUT2D eigenvalue weighted by Crippen LogP contribution is -2.46. The van der Waals surface area contributed by atoms with Gasteiger partial charge in [-0.1, -0.05) is 0 Å². The number of carbonyl (C=O) groups excluding carboxylic acids is 2. The average molecular weight is 277 g/mol. The zero-order chi connectivity index (χ0) is 14.4. The second-order valence-corrected chi connectivity index (χ2v) is 5.19. The van der Waals surface area contributed by atoms with Crippen LogP contribution in [-0.4, -0.2) is 22.9 Å². The standard InChI is InChI=1S/C14H12FNO4/c15-11-4-3-9(6-10(11)14(19)20)16-12(17)7-1-2-8(5-7)13(16)18/h3-4,6-8H,1-2,5H2,(H,19,20). The zero-order valence-corrected chi connectivity index (χ0v) is 10.5. The number of halogens is 1. The van der Waals surface area contributed by atoms with Crippen LogP contribution in [0.5, 0.6) is 0 Å². The highest BCUT2D eigenvalue weighted by molar-refractivity contribution is 6.18. The van der Waals surface area contributed by atoms with Crippen molar-refractivity contribution in [2.75, 3.05) is 4.90 Å². The van der Waals surface area contributed by atoms with E-state index >= 15 is 0 Å². The van der Waals surface area contributed by atoms with Crippen LogP contribution in [0.2, 0.25) is 0 Å². The summed E-state index contributed by atoms with van der Waals surface area (Å²) in [6.07, 6.45) is 1.93. The van der Waals surface area contributed by atoms with Gasteiger partial charge in [0.15, 0.2) is 0 Å². The van der Waals surface area contributed by atoms with Crippen molar-refractivity contribution >= 4 is 23.5 Å². The van der Waals surface area contributed by atoms with E-state index in [2.05, 4.69) is 0 Å². The average Bonchev–Trinajstić information content (AvgIpc) is 2.85. The summed E-state index contributed by atoms with van der Waals surface area (Å²) in [4.78, 5) is 36.4. The molecule has 5 nitrogen and oxygen atoms in total. The van der Waals surface area contributed by atoms with Gasteiger partial charge in [-0.05, 0) is 37.5 Å². The Morgan fingerprint density at radius 3 is 2.35 bits per heavy atom. The van der Waals surface area contributed by atoms with E-state index in [1.165, 1.54) is 6.07 Å². The van der Waals surface area contributed by atoms with Crippen LogP contribution in [0.25, 0.3) is 0 Å². The first-order valence-electron chi connectivity index (χ1n) is 6.39. The van der Waals surface area contributed by atoms with E-state index < -0.39 is 17.3 Å². The maximum Gasteiger partial charge on any atom is 0.338 e. The summed E-state index contributed by atoms with van der Waals surface area (Å²) in [5.74, 6) is -3.31. The van der Waals surface area contributed by atoms with Crippen LogP contribution in [0.3, 0.4) is 0 Å². The fourth-order valence-corrected chi connectivity index (χ4v) is 2.97. The number of fused-ring (bicyclic) bond motifs is 2. The molecule has 2 amide bonds. The lowest BCUT2D eigenvalue weighted by Gasteiger charge is -2.29. The first-order valence-corrected chi connectivity index (χ1v) is 6.39. The third kappa shape index (κ3) is 1.79. The fourth-order valence-electron chi connectivity index (χ4n) is 2.97. The molecule has 1 heterocycles. The Balaban J connectivity index is 2.04. The Bertz CT molecular complexity index is 606. The van der Waals surface area contributed by atoms with Gasteiger partial charge in [-0.2, -0.15) is 0 Å². The highest BCUT2D eigenvalue weighted by atomic mass is 19.1. The molecule has 0 spiro atoms. The molecule has 3 rings (SSSR count). The van der Waals surface area contributed by atoms with Gasteiger partial charge in [-0.25, -0.2) is 9.18 Å². The molecular formula is C14H12FNO4. The van der Waals surface area contributed by atoms with Crippen molar-refractivity contribution in [1.29, 1.82) is 0 Å². The summed E-state index contributed by atoms with van der Waals surface area (Å²) in [5.41, 5.74) is -0.406. The molecule has 0 aromatic heterocycles. The molecule has 1 aliphatic carbocycles. The zero-order valence-electron chi connectivity index (χ0n) is 10.5. The van der Waals surface area contributed by atoms with Crippen molar-refractivity contribution in [3.63, 3.8) is 0 Å². The van der Waals surface area contributed by atoms with Crippen molar-refractivity contribution in [1.82, 2.24) is 0 Å². The quantitative estimate of drug-likeness (QED) is 0.837. The molecule has 1 N–H and O–H groups in total. The first kappa shape index (κ1) is 12.8. The molecule has 1 aromatic carbocycles. The number of amides is 2. The molecule has 20 heavy (non-hydrogen) atoms. The molecule has 104 valence electrons. The second-order valence-electron chi connectivity index (χ2n) is 5.19. The molecule has 2 bridgehead atoms. The van der Waals surface area contributed by atoms with Crippen molar-refractivity contribution < 1.29 is 23.9 Å². The molecule has 2 fully saturated rings. The second kappa shape index (κ2) is 4.40. The number of nitrogens with zero attached hydrogens (tertiary/aromatic N) is 1. The summed E-state index contributed by atoms with van der Waals surface area (Å²) in [7, 11) is 0. The van der Waals surface area contributed by atoms with E-state index in [1.807, 2.05) is 0 Å². The van der Waals surface area contributed by atoms with Gasteiger partial charge in [0.2, 0.25) is 11.8 Å². The number of carboxylic acid groups (broad SMARTS) is 1. The summed E-state index contributed by atoms with van der Waals surface area (Å²) in [6, 6.07) is 3.27. The minimum absolute atomic E-state index is 0.135. The van der Waals surface area contributed by atoms with Gasteiger partial charge < -0.3 is 5.11 Å². The topological polar surface area (TPSA) is 74.7 Å². The maximum absolute atomic E-state index is 13.4. The number of carboxylic acids is 1. The van der Waals surface area contributed by atoms with Crippen LogP contribution in [0.1, 0.15) is 29.6 Å². The Hall–Kier alpha value is -2.24. The third-order valence-electron chi connectivity index (χ3n) is 4.01. The lowest BCUT2D eigenvalue weighted by atomic mass is 9.96. The van der Waals surface area contributed by atoms with Gasteiger partial charge in [0.1, 0.15) is 5.82 Å².